The predicted octanol–water partition coefficient (Wildman–Crippen LogP) is 2.90. The van der Waals surface area contributed by atoms with Crippen LogP contribution in [0.1, 0.15) is 56.1 Å². The number of hydrogen-bond acceptors (Lipinski definition) is 4. The molecule has 4 saturated carbocycles. The highest BCUT2D eigenvalue weighted by molar-refractivity contribution is 5.90. The van der Waals surface area contributed by atoms with Crippen LogP contribution in [-0.4, -0.2) is 15.5 Å². The lowest BCUT2D eigenvalue weighted by Crippen LogP contribution is -2.48. The molecule has 4 aliphatic rings. The standard InChI is InChI=1S/C24H26N4O3/c25-13-18-14-28(23(31)27-22(18)30)6-5-21(29)26-20-3-1-19(2-4-20)24-10-15-7-16(11-24)9-17(8-15)12-24/h1-4,14-17H,5-12H2,(H,26,29)(H,27,30,31). The van der Waals surface area contributed by atoms with Gasteiger partial charge in [0.1, 0.15) is 11.6 Å². The number of nitriles is 1. The lowest BCUT2D eigenvalue weighted by Gasteiger charge is -2.57. The molecule has 4 aliphatic carbocycles. The summed E-state index contributed by atoms with van der Waals surface area (Å²) in [5.41, 5.74) is 0.990. The minimum absolute atomic E-state index is 0.0630. The maximum atomic E-state index is 12.4. The molecule has 160 valence electrons. The van der Waals surface area contributed by atoms with Crippen LogP contribution in [0.5, 0.6) is 0 Å². The zero-order chi connectivity index (χ0) is 21.6. The zero-order valence-electron chi connectivity index (χ0n) is 17.4. The van der Waals surface area contributed by atoms with Gasteiger partial charge in [-0.25, -0.2) is 4.79 Å². The van der Waals surface area contributed by atoms with Gasteiger partial charge >= 0.3 is 5.69 Å². The van der Waals surface area contributed by atoms with Crippen molar-refractivity contribution in [2.45, 2.75) is 56.9 Å². The third-order valence-electron chi connectivity index (χ3n) is 7.53. The van der Waals surface area contributed by atoms with E-state index in [1.54, 1.807) is 6.07 Å². The van der Waals surface area contributed by atoms with Crippen molar-refractivity contribution >= 4 is 11.6 Å². The number of aryl methyl sites for hydroxylation is 1. The van der Waals surface area contributed by atoms with Gasteiger partial charge in [-0.3, -0.25) is 19.1 Å². The first kappa shape index (κ1) is 19.8. The van der Waals surface area contributed by atoms with E-state index in [9.17, 15) is 14.4 Å². The predicted molar refractivity (Wildman–Crippen MR) is 116 cm³/mol. The van der Waals surface area contributed by atoms with Crippen molar-refractivity contribution in [3.05, 3.63) is 62.4 Å². The van der Waals surface area contributed by atoms with Gasteiger partial charge < -0.3 is 5.32 Å². The van der Waals surface area contributed by atoms with Crippen LogP contribution < -0.4 is 16.6 Å². The van der Waals surface area contributed by atoms with E-state index >= 15 is 0 Å². The number of rotatable bonds is 5. The smallest absolute Gasteiger partial charge is 0.326 e. The number of carbonyl (C=O) groups excluding carboxylic acids is 1. The molecule has 7 nitrogen and oxygen atoms in total. The third kappa shape index (κ3) is 3.71. The van der Waals surface area contributed by atoms with Crippen LogP contribution in [0.4, 0.5) is 5.69 Å². The maximum absolute atomic E-state index is 12.4. The molecule has 4 fully saturated rings. The Kier molecular flexibility index (Phi) is 4.81. The number of aromatic nitrogens is 2. The first-order valence-corrected chi connectivity index (χ1v) is 11.1. The highest BCUT2D eigenvalue weighted by Gasteiger charge is 2.51. The minimum atomic E-state index is -0.715. The second-order valence-electron chi connectivity index (χ2n) is 9.68. The lowest BCUT2D eigenvalue weighted by atomic mass is 9.48. The Balaban J connectivity index is 1.23. The van der Waals surface area contributed by atoms with Crippen molar-refractivity contribution < 1.29 is 4.79 Å². The summed E-state index contributed by atoms with van der Waals surface area (Å²) in [5, 5.41) is 11.8. The number of hydrogen-bond donors (Lipinski definition) is 2. The normalized spacial score (nSPS) is 28.3. The topological polar surface area (TPSA) is 108 Å². The van der Waals surface area contributed by atoms with E-state index in [4.69, 9.17) is 5.26 Å². The Morgan fingerprint density at radius 2 is 1.71 bits per heavy atom. The Labute approximate surface area is 180 Å². The second-order valence-corrected chi connectivity index (χ2v) is 9.68. The quantitative estimate of drug-likeness (QED) is 0.778. The molecule has 4 bridgehead atoms. The largest absolute Gasteiger partial charge is 0.328 e. The van der Waals surface area contributed by atoms with Gasteiger partial charge in [-0.05, 0) is 79.4 Å². The monoisotopic (exact) mass is 418 g/mol. The van der Waals surface area contributed by atoms with E-state index in [0.29, 0.717) is 5.41 Å². The molecule has 1 heterocycles. The van der Waals surface area contributed by atoms with Crippen molar-refractivity contribution in [3.63, 3.8) is 0 Å². The van der Waals surface area contributed by atoms with Crippen molar-refractivity contribution in [2.24, 2.45) is 17.8 Å². The summed E-state index contributed by atoms with van der Waals surface area (Å²) < 4.78 is 1.18. The van der Waals surface area contributed by atoms with E-state index in [2.05, 4.69) is 22.4 Å². The molecule has 0 spiro atoms. The van der Waals surface area contributed by atoms with Crippen molar-refractivity contribution in [2.75, 3.05) is 5.32 Å². The van der Waals surface area contributed by atoms with Gasteiger partial charge in [0.15, 0.2) is 0 Å². The molecule has 0 saturated heterocycles. The van der Waals surface area contributed by atoms with Crippen LogP contribution in [0.3, 0.4) is 0 Å². The summed E-state index contributed by atoms with van der Waals surface area (Å²) >= 11 is 0. The summed E-state index contributed by atoms with van der Waals surface area (Å²) in [4.78, 5) is 37.8. The zero-order valence-corrected chi connectivity index (χ0v) is 17.4. The van der Waals surface area contributed by atoms with Gasteiger partial charge in [0, 0.05) is 24.8 Å². The van der Waals surface area contributed by atoms with E-state index in [1.165, 1.54) is 54.9 Å². The van der Waals surface area contributed by atoms with Gasteiger partial charge in [-0.15, -0.1) is 0 Å². The van der Waals surface area contributed by atoms with Crippen LogP contribution in [0.2, 0.25) is 0 Å². The number of aromatic amines is 1. The number of anilines is 1. The highest BCUT2D eigenvalue weighted by atomic mass is 16.2. The fraction of sp³-hybridized carbons (Fsp3) is 0.500. The molecule has 7 heteroatoms. The molecule has 31 heavy (non-hydrogen) atoms. The van der Waals surface area contributed by atoms with E-state index in [1.807, 2.05) is 12.1 Å². The highest BCUT2D eigenvalue weighted by Crippen LogP contribution is 2.60. The first-order chi connectivity index (χ1) is 14.9. The second kappa shape index (κ2) is 7.52. The van der Waals surface area contributed by atoms with Gasteiger partial charge in [-0.1, -0.05) is 12.1 Å². The number of carbonyl (C=O) groups is 1. The molecule has 1 amide bonds. The molecule has 2 N–H and O–H groups in total. The number of H-pyrrole nitrogens is 1. The average molecular weight is 418 g/mol. The molecule has 0 aliphatic heterocycles. The summed E-state index contributed by atoms with van der Waals surface area (Å²) in [6.07, 6.45) is 9.43. The fourth-order valence-corrected chi connectivity index (χ4v) is 6.57. The summed E-state index contributed by atoms with van der Waals surface area (Å²) in [6, 6.07) is 10.0. The summed E-state index contributed by atoms with van der Waals surface area (Å²) in [7, 11) is 0. The van der Waals surface area contributed by atoms with Crippen molar-refractivity contribution in [1.82, 2.24) is 9.55 Å². The van der Waals surface area contributed by atoms with Crippen LogP contribution in [0.25, 0.3) is 0 Å². The molecular weight excluding hydrogens is 392 g/mol. The third-order valence-corrected chi connectivity index (χ3v) is 7.53. The van der Waals surface area contributed by atoms with Gasteiger partial charge in [0.25, 0.3) is 5.56 Å². The number of nitrogens with zero attached hydrogens (tertiary/aromatic N) is 2. The molecule has 6 rings (SSSR count). The van der Waals surface area contributed by atoms with Gasteiger partial charge in [0.2, 0.25) is 5.91 Å². The molecular formula is C24H26N4O3. The van der Waals surface area contributed by atoms with Crippen LogP contribution in [0, 0.1) is 29.1 Å². The molecule has 2 aromatic rings. The fourth-order valence-electron chi connectivity index (χ4n) is 6.57. The lowest BCUT2D eigenvalue weighted by molar-refractivity contribution is -0.116. The first-order valence-electron chi connectivity index (χ1n) is 11.1. The minimum Gasteiger partial charge on any atom is -0.326 e. The number of nitrogens with one attached hydrogen (secondary N) is 2. The summed E-state index contributed by atoms with van der Waals surface area (Å²) in [6.45, 7) is 0.0848. The van der Waals surface area contributed by atoms with E-state index in [-0.39, 0.29) is 24.4 Å². The van der Waals surface area contributed by atoms with Crippen molar-refractivity contribution in [3.8, 4) is 6.07 Å². The molecule has 0 radical (unpaired) electrons. The van der Waals surface area contributed by atoms with Crippen LogP contribution >= 0.6 is 0 Å². The Bertz CT molecular complexity index is 1130. The Hall–Kier alpha value is -3.14. The SMILES string of the molecule is N#Cc1cn(CCC(=O)Nc2ccc(C34CC5CC(CC(C5)C3)C4)cc2)c(=O)[nH]c1=O. The molecule has 0 atom stereocenters. The Morgan fingerprint density at radius 3 is 2.29 bits per heavy atom. The van der Waals surface area contributed by atoms with Crippen LogP contribution in [-0.2, 0) is 16.8 Å². The van der Waals surface area contributed by atoms with Gasteiger partial charge in [0.05, 0.1) is 0 Å². The van der Waals surface area contributed by atoms with Crippen LogP contribution in [0.15, 0.2) is 40.1 Å². The molecule has 1 aromatic heterocycles. The molecule has 0 unspecified atom stereocenters. The number of benzene rings is 1. The van der Waals surface area contributed by atoms with Crippen molar-refractivity contribution in [1.29, 1.82) is 5.26 Å². The van der Waals surface area contributed by atoms with E-state index < -0.39 is 11.2 Å². The maximum Gasteiger partial charge on any atom is 0.328 e. The molecule has 1 aromatic carbocycles. The number of amides is 1. The average Bonchev–Trinajstić information content (AvgIpc) is 2.72. The summed E-state index contributed by atoms with van der Waals surface area (Å²) in [5.74, 6) is 2.45. The van der Waals surface area contributed by atoms with Gasteiger partial charge in [-0.2, -0.15) is 5.26 Å². The van der Waals surface area contributed by atoms with E-state index in [0.717, 1.165) is 23.4 Å². The Morgan fingerprint density at radius 1 is 1.10 bits per heavy atom.